The van der Waals surface area contributed by atoms with Crippen molar-refractivity contribution in [2.75, 3.05) is 0 Å². The SMILES string of the molecule is CCCCc1cccc(CCCC)c1OP(O)Oc1cccc(-c2ccccc2)c1. The van der Waals surface area contributed by atoms with Crippen molar-refractivity contribution in [3.8, 4) is 22.6 Å². The van der Waals surface area contributed by atoms with E-state index in [2.05, 4.69) is 44.2 Å². The average Bonchev–Trinajstić information content (AvgIpc) is 2.78. The molecule has 1 unspecified atom stereocenters. The van der Waals surface area contributed by atoms with Crippen LogP contribution in [0.3, 0.4) is 0 Å². The number of para-hydroxylation sites is 1. The summed E-state index contributed by atoms with van der Waals surface area (Å²) < 4.78 is 11.8. The van der Waals surface area contributed by atoms with Crippen LogP contribution in [0.5, 0.6) is 11.5 Å². The van der Waals surface area contributed by atoms with Gasteiger partial charge in [0.1, 0.15) is 11.5 Å². The first-order valence-electron chi connectivity index (χ1n) is 10.8. The van der Waals surface area contributed by atoms with Crippen LogP contribution in [0.1, 0.15) is 50.7 Å². The minimum absolute atomic E-state index is 0.603. The molecule has 1 N–H and O–H groups in total. The van der Waals surface area contributed by atoms with Crippen molar-refractivity contribution in [3.05, 3.63) is 83.9 Å². The van der Waals surface area contributed by atoms with Gasteiger partial charge in [0.2, 0.25) is 0 Å². The van der Waals surface area contributed by atoms with Gasteiger partial charge in [-0.25, -0.2) is 0 Å². The fourth-order valence-corrected chi connectivity index (χ4v) is 4.16. The lowest BCUT2D eigenvalue weighted by Gasteiger charge is -2.18. The third-order valence-electron chi connectivity index (χ3n) is 5.07. The molecule has 0 fully saturated rings. The summed E-state index contributed by atoms with van der Waals surface area (Å²) >= 11 is 0. The van der Waals surface area contributed by atoms with E-state index in [0.29, 0.717) is 5.75 Å². The molecule has 3 nitrogen and oxygen atoms in total. The van der Waals surface area contributed by atoms with Crippen molar-refractivity contribution in [2.45, 2.75) is 52.4 Å². The Morgan fingerprint density at radius 3 is 1.93 bits per heavy atom. The number of hydrogen-bond donors (Lipinski definition) is 1. The van der Waals surface area contributed by atoms with Gasteiger partial charge in [0, 0.05) is 0 Å². The molecule has 0 aliphatic carbocycles. The van der Waals surface area contributed by atoms with Crippen molar-refractivity contribution in [1.29, 1.82) is 0 Å². The lowest BCUT2D eigenvalue weighted by Crippen LogP contribution is -2.02. The fourth-order valence-electron chi connectivity index (χ4n) is 3.43. The van der Waals surface area contributed by atoms with Crippen molar-refractivity contribution >= 4 is 8.60 Å². The zero-order valence-corrected chi connectivity index (χ0v) is 18.8. The Morgan fingerprint density at radius 1 is 0.700 bits per heavy atom. The van der Waals surface area contributed by atoms with Gasteiger partial charge in [-0.2, -0.15) is 0 Å². The van der Waals surface area contributed by atoms with Crippen molar-refractivity contribution in [2.24, 2.45) is 0 Å². The van der Waals surface area contributed by atoms with E-state index in [-0.39, 0.29) is 0 Å². The zero-order chi connectivity index (χ0) is 21.2. The second-order valence-electron chi connectivity index (χ2n) is 7.43. The molecule has 0 saturated carbocycles. The van der Waals surface area contributed by atoms with Crippen LogP contribution in [-0.2, 0) is 12.8 Å². The fraction of sp³-hybridized carbons (Fsp3) is 0.308. The highest BCUT2D eigenvalue weighted by Crippen LogP contribution is 2.41. The summed E-state index contributed by atoms with van der Waals surface area (Å²) in [6.07, 6.45) is 6.31. The highest BCUT2D eigenvalue weighted by atomic mass is 31.2. The van der Waals surface area contributed by atoms with E-state index in [1.807, 2.05) is 42.5 Å². The van der Waals surface area contributed by atoms with Crippen molar-refractivity contribution in [3.63, 3.8) is 0 Å². The number of hydrogen-bond acceptors (Lipinski definition) is 3. The predicted octanol–water partition coefficient (Wildman–Crippen LogP) is 7.72. The van der Waals surface area contributed by atoms with Crippen LogP contribution < -0.4 is 9.05 Å². The third kappa shape index (κ3) is 6.32. The summed E-state index contributed by atoms with van der Waals surface area (Å²) in [5, 5.41) is 0. The minimum atomic E-state index is -2.08. The van der Waals surface area contributed by atoms with Crippen LogP contribution in [0.4, 0.5) is 0 Å². The maximum atomic E-state index is 10.6. The quantitative estimate of drug-likeness (QED) is 0.322. The number of benzene rings is 3. The number of aryl methyl sites for hydroxylation is 2. The maximum absolute atomic E-state index is 10.6. The zero-order valence-electron chi connectivity index (χ0n) is 17.9. The molecule has 0 aliphatic rings. The van der Waals surface area contributed by atoms with Crippen molar-refractivity contribution < 1.29 is 13.9 Å². The Labute approximate surface area is 181 Å². The van der Waals surface area contributed by atoms with Crippen LogP contribution >= 0.6 is 8.60 Å². The molecule has 3 rings (SSSR count). The first-order valence-corrected chi connectivity index (χ1v) is 12.0. The lowest BCUT2D eigenvalue weighted by molar-refractivity contribution is 0.378. The molecule has 0 bridgehead atoms. The van der Waals surface area contributed by atoms with Gasteiger partial charge < -0.3 is 13.9 Å². The Balaban J connectivity index is 1.76. The molecule has 3 aromatic carbocycles. The largest absolute Gasteiger partial charge is 0.460 e. The van der Waals surface area contributed by atoms with Crippen LogP contribution in [-0.4, -0.2) is 4.89 Å². The predicted molar refractivity (Wildman–Crippen MR) is 126 cm³/mol. The van der Waals surface area contributed by atoms with E-state index in [0.717, 1.165) is 66.5 Å². The Hall–Kier alpha value is -2.35. The van der Waals surface area contributed by atoms with Gasteiger partial charge in [-0.3, -0.25) is 0 Å². The molecule has 0 heterocycles. The maximum Gasteiger partial charge on any atom is 0.460 e. The molecule has 30 heavy (non-hydrogen) atoms. The molecular weight excluding hydrogens is 391 g/mol. The van der Waals surface area contributed by atoms with Crippen LogP contribution in [0, 0.1) is 0 Å². The van der Waals surface area contributed by atoms with Crippen LogP contribution in [0.15, 0.2) is 72.8 Å². The molecule has 4 heteroatoms. The average molecular weight is 423 g/mol. The van der Waals surface area contributed by atoms with E-state index in [1.54, 1.807) is 0 Å². The first kappa shape index (κ1) is 22.3. The third-order valence-corrected chi connectivity index (χ3v) is 5.78. The smallest absolute Gasteiger partial charge is 0.418 e. The number of unbranched alkanes of at least 4 members (excludes halogenated alkanes) is 2. The van der Waals surface area contributed by atoms with Gasteiger partial charge >= 0.3 is 8.60 Å². The second kappa shape index (κ2) is 11.7. The highest BCUT2D eigenvalue weighted by Gasteiger charge is 2.18. The molecule has 0 aliphatic heterocycles. The molecule has 0 amide bonds. The summed E-state index contributed by atoms with van der Waals surface area (Å²) in [6.45, 7) is 4.37. The Morgan fingerprint density at radius 2 is 1.30 bits per heavy atom. The summed E-state index contributed by atoms with van der Waals surface area (Å²) in [7, 11) is -2.08. The molecular formula is C26H31O3P. The molecule has 0 radical (unpaired) electrons. The van der Waals surface area contributed by atoms with Gasteiger partial charge in [0.25, 0.3) is 0 Å². The summed E-state index contributed by atoms with van der Waals surface area (Å²) in [6, 6.07) is 24.2. The van der Waals surface area contributed by atoms with Gasteiger partial charge in [-0.05, 0) is 60.1 Å². The summed E-state index contributed by atoms with van der Waals surface area (Å²) in [5.74, 6) is 1.40. The lowest BCUT2D eigenvalue weighted by atomic mass is 10.0. The molecule has 3 aromatic rings. The monoisotopic (exact) mass is 422 g/mol. The van der Waals surface area contributed by atoms with E-state index in [9.17, 15) is 4.89 Å². The van der Waals surface area contributed by atoms with Crippen molar-refractivity contribution in [1.82, 2.24) is 0 Å². The normalized spacial score (nSPS) is 11.8. The molecule has 0 saturated heterocycles. The van der Waals surface area contributed by atoms with Gasteiger partial charge in [-0.1, -0.05) is 87.4 Å². The van der Waals surface area contributed by atoms with Crippen LogP contribution in [0.2, 0.25) is 0 Å². The second-order valence-corrected chi connectivity index (χ2v) is 8.27. The molecule has 0 aromatic heterocycles. The minimum Gasteiger partial charge on any atom is -0.418 e. The standard InChI is InChI=1S/C26H31O3P/c1-3-5-12-22-16-10-17-23(13-6-4-2)26(22)29-30(27)28-25-19-11-18-24(20-25)21-14-8-7-9-15-21/h7-11,14-20,27H,3-6,12-13H2,1-2H3. The number of rotatable bonds is 11. The van der Waals surface area contributed by atoms with E-state index >= 15 is 0 Å². The first-order chi connectivity index (χ1) is 14.7. The van der Waals surface area contributed by atoms with E-state index in [4.69, 9.17) is 9.05 Å². The van der Waals surface area contributed by atoms with E-state index < -0.39 is 8.60 Å². The van der Waals surface area contributed by atoms with Gasteiger partial charge in [0.15, 0.2) is 0 Å². The van der Waals surface area contributed by atoms with Crippen LogP contribution in [0.25, 0.3) is 11.1 Å². The van der Waals surface area contributed by atoms with E-state index in [1.165, 1.54) is 0 Å². The topological polar surface area (TPSA) is 38.7 Å². The van der Waals surface area contributed by atoms with Gasteiger partial charge in [-0.15, -0.1) is 0 Å². The molecule has 1 atom stereocenters. The molecule has 0 spiro atoms. The molecule has 158 valence electrons. The Bertz CT molecular complexity index is 885. The summed E-state index contributed by atoms with van der Waals surface area (Å²) in [4.78, 5) is 10.6. The summed E-state index contributed by atoms with van der Waals surface area (Å²) in [5.41, 5.74) is 4.45. The van der Waals surface area contributed by atoms with Gasteiger partial charge in [0.05, 0.1) is 0 Å². The Kier molecular flexibility index (Phi) is 8.74. The highest BCUT2D eigenvalue weighted by molar-refractivity contribution is 7.41.